The van der Waals surface area contributed by atoms with E-state index in [4.69, 9.17) is 9.47 Å². The molecule has 1 N–H and O–H groups in total. The van der Waals surface area contributed by atoms with Gasteiger partial charge in [0.15, 0.2) is 11.5 Å². The molecule has 2 aromatic carbocycles. The van der Waals surface area contributed by atoms with Crippen LogP contribution >= 0.6 is 11.3 Å². The first kappa shape index (κ1) is 21.8. The minimum absolute atomic E-state index is 0.134. The lowest BCUT2D eigenvalue weighted by molar-refractivity contribution is -0.121. The van der Waals surface area contributed by atoms with Crippen LogP contribution in [0.15, 0.2) is 47.8 Å². The minimum Gasteiger partial charge on any atom is -0.490 e. The van der Waals surface area contributed by atoms with Crippen molar-refractivity contribution in [1.29, 1.82) is 0 Å². The summed E-state index contributed by atoms with van der Waals surface area (Å²) in [4.78, 5) is 17.0. The van der Waals surface area contributed by atoms with E-state index in [2.05, 4.69) is 10.3 Å². The molecule has 0 radical (unpaired) electrons. The highest BCUT2D eigenvalue weighted by Crippen LogP contribution is 2.31. The predicted octanol–water partition coefficient (Wildman–Crippen LogP) is 5.17. The normalized spacial score (nSPS) is 11.7. The Morgan fingerprint density at radius 2 is 1.90 bits per heavy atom. The number of aromatic nitrogens is 1. The Bertz CT molecular complexity index is 1010. The number of rotatable bonds is 9. The number of hydrogen-bond acceptors (Lipinski definition) is 5. The summed E-state index contributed by atoms with van der Waals surface area (Å²) < 4.78 is 24.7. The topological polar surface area (TPSA) is 60.5 Å². The van der Waals surface area contributed by atoms with Crippen molar-refractivity contribution in [3.63, 3.8) is 0 Å². The van der Waals surface area contributed by atoms with Crippen LogP contribution in [0.4, 0.5) is 4.39 Å². The molecule has 0 saturated carbocycles. The molecule has 7 heteroatoms. The summed E-state index contributed by atoms with van der Waals surface area (Å²) in [5.74, 6) is 0.911. The van der Waals surface area contributed by atoms with Crippen molar-refractivity contribution < 1.29 is 18.7 Å². The Balaban J connectivity index is 1.64. The molecular formula is C23H25FN2O3S. The summed E-state index contributed by atoms with van der Waals surface area (Å²) in [6.07, 6.45) is 0.158. The summed E-state index contributed by atoms with van der Waals surface area (Å²) in [7, 11) is 0. The van der Waals surface area contributed by atoms with Crippen LogP contribution in [-0.2, 0) is 11.2 Å². The lowest BCUT2D eigenvalue weighted by atomic mass is 10.1. The third-order valence-corrected chi connectivity index (χ3v) is 5.35. The van der Waals surface area contributed by atoms with Crippen LogP contribution in [0.3, 0.4) is 0 Å². The predicted molar refractivity (Wildman–Crippen MR) is 117 cm³/mol. The smallest absolute Gasteiger partial charge is 0.226 e. The Morgan fingerprint density at radius 1 is 1.13 bits per heavy atom. The molecule has 3 aromatic rings. The van der Waals surface area contributed by atoms with E-state index in [0.717, 1.165) is 5.56 Å². The maximum absolute atomic E-state index is 13.4. The fourth-order valence-corrected chi connectivity index (χ4v) is 3.84. The molecular weight excluding hydrogens is 403 g/mol. The van der Waals surface area contributed by atoms with Crippen LogP contribution in [0.1, 0.15) is 38.1 Å². The van der Waals surface area contributed by atoms with E-state index in [1.165, 1.54) is 23.5 Å². The molecule has 1 unspecified atom stereocenters. The number of amides is 1. The van der Waals surface area contributed by atoms with E-state index in [-0.39, 0.29) is 24.2 Å². The minimum atomic E-state index is -0.308. The molecule has 1 heterocycles. The number of nitrogens with one attached hydrogen (secondary N) is 1. The molecule has 0 spiro atoms. The first-order valence-electron chi connectivity index (χ1n) is 9.89. The van der Waals surface area contributed by atoms with Gasteiger partial charge in [0.25, 0.3) is 0 Å². The third kappa shape index (κ3) is 5.57. The molecule has 3 rings (SSSR count). The van der Waals surface area contributed by atoms with Crippen molar-refractivity contribution in [2.24, 2.45) is 0 Å². The van der Waals surface area contributed by atoms with E-state index in [1.807, 2.05) is 44.4 Å². The molecule has 0 aliphatic rings. The molecule has 30 heavy (non-hydrogen) atoms. The number of halogens is 1. The van der Waals surface area contributed by atoms with Crippen LogP contribution in [0, 0.1) is 5.82 Å². The lowest BCUT2D eigenvalue weighted by Gasteiger charge is -2.17. The average molecular weight is 429 g/mol. The highest BCUT2D eigenvalue weighted by atomic mass is 32.1. The summed E-state index contributed by atoms with van der Waals surface area (Å²) in [5.41, 5.74) is 2.29. The van der Waals surface area contributed by atoms with Gasteiger partial charge in [0.05, 0.1) is 31.4 Å². The second-order valence-electron chi connectivity index (χ2n) is 6.69. The van der Waals surface area contributed by atoms with Gasteiger partial charge in [-0.3, -0.25) is 4.79 Å². The SMILES string of the molecule is CCOc1ccc(C(C)NC(=O)Cc2csc(-c3cccc(F)c3)n2)cc1OCC. The van der Waals surface area contributed by atoms with Gasteiger partial charge in [0.2, 0.25) is 5.91 Å². The van der Waals surface area contributed by atoms with Crippen molar-refractivity contribution in [2.45, 2.75) is 33.2 Å². The first-order valence-corrected chi connectivity index (χ1v) is 10.8. The maximum Gasteiger partial charge on any atom is 0.226 e. The van der Waals surface area contributed by atoms with Crippen LogP contribution < -0.4 is 14.8 Å². The molecule has 5 nitrogen and oxygen atoms in total. The number of thiazole rings is 1. The molecule has 0 bridgehead atoms. The third-order valence-electron chi connectivity index (χ3n) is 4.41. The highest BCUT2D eigenvalue weighted by molar-refractivity contribution is 7.13. The van der Waals surface area contributed by atoms with Gasteiger partial charge in [-0.25, -0.2) is 9.37 Å². The second kappa shape index (κ2) is 10.2. The largest absolute Gasteiger partial charge is 0.490 e. The van der Waals surface area contributed by atoms with Gasteiger partial charge >= 0.3 is 0 Å². The van der Waals surface area contributed by atoms with Crippen molar-refractivity contribution in [1.82, 2.24) is 10.3 Å². The van der Waals surface area contributed by atoms with Crippen molar-refractivity contribution in [2.75, 3.05) is 13.2 Å². The number of ether oxygens (including phenoxy) is 2. The van der Waals surface area contributed by atoms with Gasteiger partial charge in [-0.2, -0.15) is 0 Å². The van der Waals surface area contributed by atoms with Gasteiger partial charge in [0.1, 0.15) is 10.8 Å². The van der Waals surface area contributed by atoms with Gasteiger partial charge in [-0.1, -0.05) is 18.2 Å². The van der Waals surface area contributed by atoms with Crippen molar-refractivity contribution >= 4 is 17.2 Å². The highest BCUT2D eigenvalue weighted by Gasteiger charge is 2.15. The number of carbonyl (C=O) groups excluding carboxylic acids is 1. The maximum atomic E-state index is 13.4. The zero-order valence-corrected chi connectivity index (χ0v) is 18.1. The number of carbonyl (C=O) groups is 1. The van der Waals surface area contributed by atoms with Crippen molar-refractivity contribution in [3.8, 4) is 22.1 Å². The quantitative estimate of drug-likeness (QED) is 0.511. The Labute approximate surface area is 179 Å². The van der Waals surface area contributed by atoms with Gasteiger partial charge in [0, 0.05) is 10.9 Å². The molecule has 158 valence electrons. The van der Waals surface area contributed by atoms with E-state index in [1.54, 1.807) is 12.1 Å². The standard InChI is InChI=1S/C23H25FN2O3S/c1-4-28-20-10-9-16(12-21(20)29-5-2)15(3)25-22(27)13-19-14-30-23(26-19)17-7-6-8-18(24)11-17/h6-12,14-15H,4-5,13H2,1-3H3,(H,25,27). The molecule has 1 amide bonds. The molecule has 1 aromatic heterocycles. The molecule has 0 saturated heterocycles. The van der Waals surface area contributed by atoms with E-state index in [0.29, 0.717) is 41.0 Å². The van der Waals surface area contributed by atoms with Crippen LogP contribution in [0.2, 0.25) is 0 Å². The number of hydrogen-bond donors (Lipinski definition) is 1. The zero-order valence-electron chi connectivity index (χ0n) is 17.3. The fourth-order valence-electron chi connectivity index (χ4n) is 3.02. The van der Waals surface area contributed by atoms with E-state index < -0.39 is 0 Å². The fraction of sp³-hybridized carbons (Fsp3) is 0.304. The summed E-state index contributed by atoms with van der Waals surface area (Å²) in [6, 6.07) is 11.8. The van der Waals surface area contributed by atoms with Crippen LogP contribution in [-0.4, -0.2) is 24.1 Å². The van der Waals surface area contributed by atoms with E-state index >= 15 is 0 Å². The van der Waals surface area contributed by atoms with Crippen LogP contribution in [0.25, 0.3) is 10.6 Å². The summed E-state index contributed by atoms with van der Waals surface area (Å²) >= 11 is 1.39. The molecule has 0 aliphatic heterocycles. The van der Waals surface area contributed by atoms with Gasteiger partial charge < -0.3 is 14.8 Å². The number of benzene rings is 2. The lowest BCUT2D eigenvalue weighted by Crippen LogP contribution is -2.28. The monoisotopic (exact) mass is 428 g/mol. The Morgan fingerprint density at radius 3 is 2.63 bits per heavy atom. The summed E-state index contributed by atoms with van der Waals surface area (Å²) in [6.45, 7) is 6.84. The van der Waals surface area contributed by atoms with E-state index in [9.17, 15) is 9.18 Å². The molecule has 1 atom stereocenters. The number of nitrogens with zero attached hydrogens (tertiary/aromatic N) is 1. The zero-order chi connectivity index (χ0) is 21.5. The molecule has 0 fully saturated rings. The molecule has 0 aliphatic carbocycles. The van der Waals surface area contributed by atoms with Gasteiger partial charge in [-0.15, -0.1) is 11.3 Å². The average Bonchev–Trinajstić information content (AvgIpc) is 3.18. The second-order valence-corrected chi connectivity index (χ2v) is 7.55. The first-order chi connectivity index (χ1) is 14.5. The van der Waals surface area contributed by atoms with Crippen molar-refractivity contribution in [3.05, 3.63) is 64.9 Å². The Hall–Kier alpha value is -2.93. The van der Waals surface area contributed by atoms with Crippen LogP contribution in [0.5, 0.6) is 11.5 Å². The summed E-state index contributed by atoms with van der Waals surface area (Å²) in [5, 5.41) is 5.51. The Kier molecular flexibility index (Phi) is 7.41. The van der Waals surface area contributed by atoms with Gasteiger partial charge in [-0.05, 0) is 50.6 Å².